The molecular weight excluding hydrogens is 343 g/mol. The number of aliphatic hydroxyl groups is 1. The zero-order chi connectivity index (χ0) is 18.9. The summed E-state index contributed by atoms with van der Waals surface area (Å²) in [7, 11) is 0. The van der Waals surface area contributed by atoms with Crippen LogP contribution in [0, 0.1) is 5.92 Å². The Kier molecular flexibility index (Phi) is 5.85. The Morgan fingerprint density at radius 3 is 2.56 bits per heavy atom. The minimum atomic E-state index is -0.664. The van der Waals surface area contributed by atoms with Crippen LogP contribution in [-0.4, -0.2) is 23.9 Å². The summed E-state index contributed by atoms with van der Waals surface area (Å²) < 4.78 is 25.9. The highest BCUT2D eigenvalue weighted by Gasteiger charge is 2.32. The Hall–Kier alpha value is -1.52. The SMILES string of the molecule is CCOc1c(/C(C)=C(/F)CO)cc2c(c1Cl)OC(C)(C)C=C2C(C)C. The van der Waals surface area contributed by atoms with Crippen molar-refractivity contribution in [1.29, 1.82) is 0 Å². The third-order valence-electron chi connectivity index (χ3n) is 4.22. The molecule has 5 heteroatoms. The first-order chi connectivity index (χ1) is 11.6. The average molecular weight is 369 g/mol. The molecule has 0 aliphatic carbocycles. The lowest BCUT2D eigenvalue weighted by Crippen LogP contribution is -2.30. The molecule has 0 bridgehead atoms. The van der Waals surface area contributed by atoms with Crippen LogP contribution in [0.3, 0.4) is 0 Å². The fourth-order valence-corrected chi connectivity index (χ4v) is 3.28. The van der Waals surface area contributed by atoms with E-state index < -0.39 is 18.0 Å². The van der Waals surface area contributed by atoms with Gasteiger partial charge >= 0.3 is 0 Å². The van der Waals surface area contributed by atoms with Crippen LogP contribution >= 0.6 is 11.6 Å². The Labute approximate surface area is 154 Å². The third kappa shape index (κ3) is 3.85. The van der Waals surface area contributed by atoms with Crippen molar-refractivity contribution in [3.05, 3.63) is 34.1 Å². The van der Waals surface area contributed by atoms with Crippen LogP contribution in [0.15, 0.2) is 18.0 Å². The van der Waals surface area contributed by atoms with Crippen molar-refractivity contribution in [2.75, 3.05) is 13.2 Å². The average Bonchev–Trinajstić information content (AvgIpc) is 2.55. The summed E-state index contributed by atoms with van der Waals surface area (Å²) in [6.07, 6.45) is 2.07. The maximum Gasteiger partial charge on any atom is 0.150 e. The van der Waals surface area contributed by atoms with Crippen molar-refractivity contribution in [1.82, 2.24) is 0 Å². The van der Waals surface area contributed by atoms with Crippen LogP contribution in [-0.2, 0) is 0 Å². The largest absolute Gasteiger partial charge is 0.492 e. The minimum absolute atomic E-state index is 0.246. The summed E-state index contributed by atoms with van der Waals surface area (Å²) in [5.74, 6) is 0.576. The highest BCUT2D eigenvalue weighted by molar-refractivity contribution is 6.34. The number of ether oxygens (including phenoxy) is 2. The highest BCUT2D eigenvalue weighted by Crippen LogP contribution is 2.50. The van der Waals surface area contributed by atoms with Crippen molar-refractivity contribution < 1.29 is 19.0 Å². The zero-order valence-electron chi connectivity index (χ0n) is 15.7. The predicted molar refractivity (Wildman–Crippen MR) is 101 cm³/mol. The van der Waals surface area contributed by atoms with E-state index in [1.807, 2.05) is 26.8 Å². The number of halogens is 2. The van der Waals surface area contributed by atoms with Crippen LogP contribution in [0.4, 0.5) is 4.39 Å². The molecule has 1 aromatic rings. The van der Waals surface area contributed by atoms with E-state index in [2.05, 4.69) is 19.9 Å². The van der Waals surface area contributed by atoms with Crippen molar-refractivity contribution >= 4 is 22.7 Å². The highest BCUT2D eigenvalue weighted by atomic mass is 35.5. The summed E-state index contributed by atoms with van der Waals surface area (Å²) in [6, 6.07) is 1.85. The molecular formula is C20H26ClFO3. The Balaban J connectivity index is 2.82. The van der Waals surface area contributed by atoms with Gasteiger partial charge in [-0.1, -0.05) is 25.4 Å². The van der Waals surface area contributed by atoms with Gasteiger partial charge in [0.1, 0.15) is 22.2 Å². The molecule has 1 N–H and O–H groups in total. The monoisotopic (exact) mass is 368 g/mol. The lowest BCUT2D eigenvalue weighted by molar-refractivity contribution is 0.156. The number of benzene rings is 1. The molecule has 0 atom stereocenters. The van der Waals surface area contributed by atoms with Gasteiger partial charge in [0.2, 0.25) is 0 Å². The number of hydrogen-bond donors (Lipinski definition) is 1. The summed E-state index contributed by atoms with van der Waals surface area (Å²) in [5, 5.41) is 9.49. The normalized spacial score (nSPS) is 16.8. The molecule has 2 rings (SSSR count). The molecule has 1 aliphatic rings. The molecule has 0 radical (unpaired) electrons. The van der Waals surface area contributed by atoms with Gasteiger partial charge < -0.3 is 14.6 Å². The minimum Gasteiger partial charge on any atom is -0.492 e. The number of rotatable bonds is 5. The molecule has 0 saturated heterocycles. The molecule has 0 spiro atoms. The van der Waals surface area contributed by atoms with E-state index in [1.54, 1.807) is 6.92 Å². The smallest absolute Gasteiger partial charge is 0.150 e. The second-order valence-corrected chi connectivity index (χ2v) is 7.40. The standard InChI is InChI=1S/C20H26ClFO3/c1-7-24-18-13(12(4)16(22)10-23)8-14-15(11(2)3)9-20(5,6)25-19(14)17(18)21/h8-9,11,23H,7,10H2,1-6H3/b16-12+. The molecule has 1 aliphatic heterocycles. The van der Waals surface area contributed by atoms with Gasteiger partial charge in [0.05, 0.1) is 13.2 Å². The second kappa shape index (κ2) is 7.38. The van der Waals surface area contributed by atoms with Gasteiger partial charge in [0, 0.05) is 11.1 Å². The van der Waals surface area contributed by atoms with Crippen LogP contribution in [0.2, 0.25) is 5.02 Å². The van der Waals surface area contributed by atoms with E-state index in [1.165, 1.54) is 0 Å². The maximum absolute atomic E-state index is 14.1. The summed E-state index contributed by atoms with van der Waals surface area (Å²) in [6.45, 7) is 11.3. The Bertz CT molecular complexity index is 733. The quantitative estimate of drug-likeness (QED) is 0.730. The number of hydrogen-bond acceptors (Lipinski definition) is 3. The Morgan fingerprint density at radius 2 is 2.04 bits per heavy atom. The second-order valence-electron chi connectivity index (χ2n) is 7.02. The molecule has 1 heterocycles. The summed E-state index contributed by atoms with van der Waals surface area (Å²) in [5.41, 5.74) is 2.27. The van der Waals surface area contributed by atoms with Gasteiger partial charge in [0.15, 0.2) is 5.75 Å². The van der Waals surface area contributed by atoms with Gasteiger partial charge in [-0.3, -0.25) is 0 Å². The van der Waals surface area contributed by atoms with Crippen molar-refractivity contribution in [3.63, 3.8) is 0 Å². The van der Waals surface area contributed by atoms with Crippen LogP contribution in [0.1, 0.15) is 52.7 Å². The fraction of sp³-hybridized carbons (Fsp3) is 0.500. The number of aliphatic hydroxyl groups excluding tert-OH is 1. The van der Waals surface area contributed by atoms with E-state index in [0.717, 1.165) is 11.1 Å². The molecule has 0 fully saturated rings. The molecule has 3 nitrogen and oxygen atoms in total. The first-order valence-corrected chi connectivity index (χ1v) is 8.88. The lowest BCUT2D eigenvalue weighted by atomic mass is 9.86. The molecule has 0 aromatic heterocycles. The van der Waals surface area contributed by atoms with E-state index in [9.17, 15) is 4.39 Å². The summed E-state index contributed by atoms with van der Waals surface area (Å²) in [4.78, 5) is 0. The van der Waals surface area contributed by atoms with Gasteiger partial charge in [-0.2, -0.15) is 0 Å². The first-order valence-electron chi connectivity index (χ1n) is 8.50. The lowest BCUT2D eigenvalue weighted by Gasteiger charge is -2.34. The molecule has 0 saturated carbocycles. The first kappa shape index (κ1) is 19.8. The third-order valence-corrected chi connectivity index (χ3v) is 4.56. The number of allylic oxidation sites excluding steroid dienone is 2. The maximum atomic E-state index is 14.1. The van der Waals surface area contributed by atoms with E-state index in [4.69, 9.17) is 26.2 Å². The molecule has 25 heavy (non-hydrogen) atoms. The molecule has 1 aromatic carbocycles. The van der Waals surface area contributed by atoms with Crippen molar-refractivity contribution in [2.24, 2.45) is 5.92 Å². The van der Waals surface area contributed by atoms with Gasteiger partial charge in [-0.25, -0.2) is 4.39 Å². The molecule has 0 unspecified atom stereocenters. The fourth-order valence-electron chi connectivity index (χ4n) is 2.98. The summed E-state index contributed by atoms with van der Waals surface area (Å²) >= 11 is 6.62. The molecule has 138 valence electrons. The van der Waals surface area contributed by atoms with Gasteiger partial charge in [-0.05, 0) is 56.9 Å². The van der Waals surface area contributed by atoms with Crippen LogP contribution in [0.25, 0.3) is 11.1 Å². The van der Waals surface area contributed by atoms with Gasteiger partial charge in [-0.15, -0.1) is 0 Å². The van der Waals surface area contributed by atoms with Crippen molar-refractivity contribution in [2.45, 2.75) is 47.1 Å². The zero-order valence-corrected chi connectivity index (χ0v) is 16.4. The number of fused-ring (bicyclic) bond motifs is 1. The molecule has 0 amide bonds. The van der Waals surface area contributed by atoms with Gasteiger partial charge in [0.25, 0.3) is 0 Å². The predicted octanol–water partition coefficient (Wildman–Crippen LogP) is 5.64. The van der Waals surface area contributed by atoms with Crippen LogP contribution in [0.5, 0.6) is 11.5 Å². The topological polar surface area (TPSA) is 38.7 Å². The van der Waals surface area contributed by atoms with Crippen LogP contribution < -0.4 is 9.47 Å². The van der Waals surface area contributed by atoms with Crippen molar-refractivity contribution in [3.8, 4) is 11.5 Å². The van der Waals surface area contributed by atoms with E-state index in [-0.39, 0.29) is 5.92 Å². The van der Waals surface area contributed by atoms with E-state index in [0.29, 0.717) is 34.3 Å². The van der Waals surface area contributed by atoms with E-state index >= 15 is 0 Å². The Morgan fingerprint density at radius 1 is 1.40 bits per heavy atom.